The van der Waals surface area contributed by atoms with Crippen LogP contribution in [-0.2, 0) is 4.74 Å². The molecule has 0 aliphatic heterocycles. The van der Waals surface area contributed by atoms with E-state index in [1.54, 1.807) is 24.5 Å². The van der Waals surface area contributed by atoms with Gasteiger partial charge in [0, 0.05) is 22.3 Å². The average Bonchev–Trinajstić information content (AvgIpc) is 3.31. The molecule has 0 fully saturated rings. The highest BCUT2D eigenvalue weighted by Gasteiger charge is 2.23. The molecule has 29 heavy (non-hydrogen) atoms. The molecule has 0 amide bonds. The van der Waals surface area contributed by atoms with Crippen LogP contribution >= 0.6 is 22.9 Å². The summed E-state index contributed by atoms with van der Waals surface area (Å²) in [5, 5.41) is 1.37. The fourth-order valence-corrected chi connectivity index (χ4v) is 4.34. The zero-order valence-corrected chi connectivity index (χ0v) is 17.3. The van der Waals surface area contributed by atoms with Gasteiger partial charge in [0.05, 0.1) is 18.1 Å². The van der Waals surface area contributed by atoms with Gasteiger partial charge in [-0.05, 0) is 31.2 Å². The maximum atomic E-state index is 12.4. The summed E-state index contributed by atoms with van der Waals surface area (Å²) in [6, 6.07) is 14.7. The normalized spacial score (nSPS) is 12.1. The van der Waals surface area contributed by atoms with Crippen LogP contribution in [0.2, 0.25) is 5.02 Å². The van der Waals surface area contributed by atoms with Crippen LogP contribution in [0.1, 0.15) is 28.3 Å². The van der Waals surface area contributed by atoms with Crippen molar-refractivity contribution in [2.45, 2.75) is 13.0 Å². The quantitative estimate of drug-likeness (QED) is 0.347. The lowest BCUT2D eigenvalue weighted by Crippen LogP contribution is -2.07. The molecule has 2 N–H and O–H groups in total. The third kappa shape index (κ3) is 3.66. The van der Waals surface area contributed by atoms with Crippen LogP contribution in [-0.4, -0.2) is 22.6 Å². The van der Waals surface area contributed by atoms with E-state index in [-0.39, 0.29) is 6.10 Å². The Labute approximate surface area is 176 Å². The van der Waals surface area contributed by atoms with Gasteiger partial charge >= 0.3 is 5.97 Å². The van der Waals surface area contributed by atoms with E-state index in [9.17, 15) is 4.79 Å². The maximum Gasteiger partial charge on any atom is 0.351 e. The first-order valence-electron chi connectivity index (χ1n) is 8.84. The number of aromatic nitrogens is 2. The van der Waals surface area contributed by atoms with Gasteiger partial charge in [-0.15, -0.1) is 11.3 Å². The van der Waals surface area contributed by atoms with Crippen molar-refractivity contribution >= 4 is 45.6 Å². The molecule has 2 heterocycles. The molecule has 6 nitrogen and oxygen atoms in total. The molecule has 0 radical (unpaired) electrons. The third-order valence-corrected chi connectivity index (χ3v) is 5.95. The van der Waals surface area contributed by atoms with Gasteiger partial charge in [0.15, 0.2) is 4.88 Å². The Balaban J connectivity index is 1.76. The Bertz CT molecular complexity index is 1200. The minimum absolute atomic E-state index is 0.357. The number of carbonyl (C=O) groups is 1. The fourth-order valence-electron chi connectivity index (χ4n) is 3.06. The van der Waals surface area contributed by atoms with E-state index in [0.717, 1.165) is 21.6 Å². The Kier molecular flexibility index (Phi) is 5.17. The summed E-state index contributed by atoms with van der Waals surface area (Å²) in [7, 11) is 1.34. The van der Waals surface area contributed by atoms with E-state index in [1.165, 1.54) is 18.4 Å². The number of thiophene rings is 1. The monoisotopic (exact) mass is 427 g/mol. The van der Waals surface area contributed by atoms with E-state index in [4.69, 9.17) is 26.8 Å². The lowest BCUT2D eigenvalue weighted by Gasteiger charge is -2.16. The number of halogens is 1. The van der Waals surface area contributed by atoms with Crippen LogP contribution in [0.15, 0.2) is 54.9 Å². The number of nitrogens with two attached hydrogens (primary N) is 1. The summed E-state index contributed by atoms with van der Waals surface area (Å²) in [6.07, 6.45) is 1.34. The van der Waals surface area contributed by atoms with E-state index in [1.807, 2.05) is 41.8 Å². The lowest BCUT2D eigenvalue weighted by atomic mass is 10.1. The molecule has 0 spiro atoms. The summed E-state index contributed by atoms with van der Waals surface area (Å²) in [4.78, 5) is 17.1. The first-order chi connectivity index (χ1) is 14.0. The average molecular weight is 428 g/mol. The van der Waals surface area contributed by atoms with E-state index in [2.05, 4.69) is 4.98 Å². The second-order valence-electron chi connectivity index (χ2n) is 6.41. The number of rotatable bonds is 5. The number of anilines is 1. The second-order valence-corrected chi connectivity index (χ2v) is 7.85. The van der Waals surface area contributed by atoms with Crippen LogP contribution in [0.4, 0.5) is 5.69 Å². The van der Waals surface area contributed by atoms with Gasteiger partial charge in [-0.3, -0.25) is 4.57 Å². The molecule has 0 saturated heterocycles. The third-order valence-electron chi connectivity index (χ3n) is 4.51. The summed E-state index contributed by atoms with van der Waals surface area (Å²) in [5.74, 6) is -0.0402. The van der Waals surface area contributed by atoms with Crippen LogP contribution in [0.5, 0.6) is 5.75 Å². The molecule has 0 aliphatic carbocycles. The molecule has 148 valence electrons. The predicted molar refractivity (Wildman–Crippen MR) is 115 cm³/mol. The number of carbonyl (C=O) groups excluding carboxylic acids is 1. The fraction of sp³-hybridized carbons (Fsp3) is 0.143. The molecular formula is C21H18ClN3O3S. The highest BCUT2D eigenvalue weighted by molar-refractivity contribution is 7.16. The van der Waals surface area contributed by atoms with E-state index in [0.29, 0.717) is 21.3 Å². The lowest BCUT2D eigenvalue weighted by molar-refractivity contribution is 0.0600. The topological polar surface area (TPSA) is 79.4 Å². The molecule has 1 unspecified atom stereocenters. The van der Waals surface area contributed by atoms with Crippen molar-refractivity contribution in [3.8, 4) is 10.8 Å². The number of esters is 1. The highest BCUT2D eigenvalue weighted by Crippen LogP contribution is 2.37. The van der Waals surface area contributed by atoms with Crippen LogP contribution < -0.4 is 10.5 Å². The van der Waals surface area contributed by atoms with Gasteiger partial charge in [0.1, 0.15) is 23.2 Å². The first kappa shape index (κ1) is 19.3. The molecule has 4 rings (SSSR count). The van der Waals surface area contributed by atoms with Gasteiger partial charge in [0.25, 0.3) is 0 Å². The Morgan fingerprint density at radius 1 is 1.24 bits per heavy atom. The minimum Gasteiger partial charge on any atom is -0.484 e. The molecule has 4 aromatic rings. The SMILES string of the molecule is COC(=O)c1sc(-n2cnc3ccc(N)cc32)cc1OC(C)c1ccccc1Cl. The summed E-state index contributed by atoms with van der Waals surface area (Å²) in [6.45, 7) is 1.88. The second kappa shape index (κ2) is 7.77. The number of benzene rings is 2. The van der Waals surface area contributed by atoms with Gasteiger partial charge in [-0.1, -0.05) is 29.8 Å². The standard InChI is InChI=1S/C21H18ClN3O3S/c1-12(14-5-3-4-6-15(14)22)28-18-10-19(29-20(18)21(26)27-2)25-11-24-16-8-7-13(23)9-17(16)25/h3-12H,23H2,1-2H3. The Morgan fingerprint density at radius 2 is 2.03 bits per heavy atom. The smallest absolute Gasteiger partial charge is 0.351 e. The molecule has 0 aliphatic rings. The van der Waals surface area contributed by atoms with Gasteiger partial charge in [0.2, 0.25) is 0 Å². The maximum absolute atomic E-state index is 12.4. The van der Waals surface area contributed by atoms with Gasteiger partial charge in [-0.25, -0.2) is 9.78 Å². The van der Waals surface area contributed by atoms with Crippen molar-refractivity contribution in [2.24, 2.45) is 0 Å². The molecule has 1 atom stereocenters. The number of nitrogens with zero attached hydrogens (tertiary/aromatic N) is 2. The van der Waals surface area contributed by atoms with Crippen molar-refractivity contribution in [2.75, 3.05) is 12.8 Å². The highest BCUT2D eigenvalue weighted by atomic mass is 35.5. The summed E-state index contributed by atoms with van der Waals surface area (Å²) in [5.41, 5.74) is 9.04. The predicted octanol–water partition coefficient (Wildman–Crippen LogP) is 5.25. The molecular weight excluding hydrogens is 410 g/mol. The van der Waals surface area contributed by atoms with Crippen molar-refractivity contribution in [3.05, 3.63) is 70.3 Å². The largest absolute Gasteiger partial charge is 0.484 e. The minimum atomic E-state index is -0.466. The number of imidazole rings is 1. The van der Waals surface area contributed by atoms with Crippen LogP contribution in [0.25, 0.3) is 16.0 Å². The Morgan fingerprint density at radius 3 is 2.79 bits per heavy atom. The number of ether oxygens (including phenoxy) is 2. The number of nitrogen functional groups attached to an aromatic ring is 1. The first-order valence-corrected chi connectivity index (χ1v) is 10.0. The van der Waals surface area contributed by atoms with Crippen molar-refractivity contribution in [1.29, 1.82) is 0 Å². The summed E-state index contributed by atoms with van der Waals surface area (Å²) < 4.78 is 12.9. The molecule has 8 heteroatoms. The van der Waals surface area contributed by atoms with Crippen molar-refractivity contribution in [1.82, 2.24) is 9.55 Å². The van der Waals surface area contributed by atoms with Gasteiger partial charge in [-0.2, -0.15) is 0 Å². The molecule has 0 bridgehead atoms. The van der Waals surface area contributed by atoms with Crippen molar-refractivity contribution < 1.29 is 14.3 Å². The van der Waals surface area contributed by atoms with E-state index < -0.39 is 5.97 Å². The number of methoxy groups -OCH3 is 1. The molecule has 2 aromatic carbocycles. The molecule has 2 aromatic heterocycles. The van der Waals surface area contributed by atoms with Crippen LogP contribution in [0.3, 0.4) is 0 Å². The van der Waals surface area contributed by atoms with Crippen LogP contribution in [0, 0.1) is 0 Å². The number of hydrogen-bond donors (Lipinski definition) is 1. The van der Waals surface area contributed by atoms with Crippen molar-refractivity contribution in [3.63, 3.8) is 0 Å². The zero-order chi connectivity index (χ0) is 20.5. The number of hydrogen-bond acceptors (Lipinski definition) is 6. The Hall–Kier alpha value is -3.03. The zero-order valence-electron chi connectivity index (χ0n) is 15.8. The summed E-state index contributed by atoms with van der Waals surface area (Å²) >= 11 is 7.55. The molecule has 0 saturated carbocycles. The van der Waals surface area contributed by atoms with E-state index >= 15 is 0 Å². The van der Waals surface area contributed by atoms with Gasteiger partial charge < -0.3 is 15.2 Å². The number of fused-ring (bicyclic) bond motifs is 1.